The van der Waals surface area contributed by atoms with E-state index in [4.69, 9.17) is 9.47 Å². The SMILES string of the molecule is COC(=O)C(=CC(C)(C)NC(C)C)Oc1ccccc1. The third kappa shape index (κ3) is 5.45. The second-order valence-electron chi connectivity index (χ2n) is 5.44. The number of methoxy groups -OCH3 is 1. The van der Waals surface area contributed by atoms with Crippen LogP contribution >= 0.6 is 0 Å². The minimum atomic E-state index is -0.493. The third-order valence-corrected chi connectivity index (χ3v) is 2.51. The summed E-state index contributed by atoms with van der Waals surface area (Å²) in [6.07, 6.45) is 1.74. The van der Waals surface area contributed by atoms with Gasteiger partial charge in [-0.05, 0) is 32.1 Å². The summed E-state index contributed by atoms with van der Waals surface area (Å²) in [5, 5.41) is 3.35. The molecule has 1 aromatic rings. The number of hydrogen-bond donors (Lipinski definition) is 1. The molecule has 1 aromatic carbocycles. The van der Waals surface area contributed by atoms with Gasteiger partial charge in [0.25, 0.3) is 0 Å². The number of nitrogens with one attached hydrogen (secondary N) is 1. The second kappa shape index (κ2) is 7.10. The first-order valence-electron chi connectivity index (χ1n) is 6.66. The van der Waals surface area contributed by atoms with Crippen molar-refractivity contribution in [1.82, 2.24) is 5.32 Å². The van der Waals surface area contributed by atoms with Crippen LogP contribution in [-0.2, 0) is 9.53 Å². The lowest BCUT2D eigenvalue weighted by Gasteiger charge is -2.26. The first-order chi connectivity index (χ1) is 9.34. The summed E-state index contributed by atoms with van der Waals surface area (Å²) in [4.78, 5) is 11.8. The fourth-order valence-electron chi connectivity index (χ4n) is 1.96. The highest BCUT2D eigenvalue weighted by molar-refractivity contribution is 5.86. The molecule has 0 saturated carbocycles. The van der Waals surface area contributed by atoms with E-state index in [2.05, 4.69) is 5.32 Å². The summed E-state index contributed by atoms with van der Waals surface area (Å²) < 4.78 is 10.4. The van der Waals surface area contributed by atoms with Crippen LogP contribution in [0.4, 0.5) is 0 Å². The van der Waals surface area contributed by atoms with Crippen molar-refractivity contribution in [1.29, 1.82) is 0 Å². The van der Waals surface area contributed by atoms with Gasteiger partial charge in [0, 0.05) is 11.6 Å². The van der Waals surface area contributed by atoms with Crippen molar-refractivity contribution < 1.29 is 14.3 Å². The van der Waals surface area contributed by atoms with Crippen LogP contribution < -0.4 is 10.1 Å². The zero-order valence-corrected chi connectivity index (χ0v) is 12.8. The summed E-state index contributed by atoms with van der Waals surface area (Å²) in [7, 11) is 1.34. The normalized spacial score (nSPS) is 12.4. The molecule has 0 heterocycles. The summed E-state index contributed by atoms with van der Waals surface area (Å²) in [5.41, 5.74) is -0.382. The topological polar surface area (TPSA) is 47.6 Å². The fourth-order valence-corrected chi connectivity index (χ4v) is 1.96. The first kappa shape index (κ1) is 16.2. The predicted molar refractivity (Wildman–Crippen MR) is 79.5 cm³/mol. The van der Waals surface area contributed by atoms with E-state index in [9.17, 15) is 4.79 Å². The highest BCUT2D eigenvalue weighted by Crippen LogP contribution is 2.17. The molecule has 0 radical (unpaired) electrons. The molecule has 0 bridgehead atoms. The predicted octanol–water partition coefficient (Wildman–Crippen LogP) is 2.90. The third-order valence-electron chi connectivity index (χ3n) is 2.51. The number of hydrogen-bond acceptors (Lipinski definition) is 4. The van der Waals surface area contributed by atoms with Crippen LogP contribution in [0.1, 0.15) is 27.7 Å². The Hall–Kier alpha value is -1.81. The maximum Gasteiger partial charge on any atom is 0.373 e. The van der Waals surface area contributed by atoms with E-state index in [1.165, 1.54) is 7.11 Å². The van der Waals surface area contributed by atoms with Crippen molar-refractivity contribution in [2.24, 2.45) is 0 Å². The molecule has 0 aliphatic heterocycles. The maximum atomic E-state index is 11.8. The molecular weight excluding hydrogens is 254 g/mol. The molecule has 0 unspecified atom stereocenters. The summed E-state index contributed by atoms with van der Waals surface area (Å²) >= 11 is 0. The molecule has 0 amide bonds. The van der Waals surface area contributed by atoms with Gasteiger partial charge in [-0.25, -0.2) is 4.79 Å². The lowest BCUT2D eigenvalue weighted by Crippen LogP contribution is -2.42. The summed E-state index contributed by atoms with van der Waals surface area (Å²) in [6, 6.07) is 9.46. The molecule has 0 aromatic heterocycles. The van der Waals surface area contributed by atoms with Gasteiger partial charge in [-0.2, -0.15) is 0 Å². The average molecular weight is 277 g/mol. The van der Waals surface area contributed by atoms with Gasteiger partial charge in [-0.1, -0.05) is 32.0 Å². The Kier molecular flexibility index (Phi) is 5.77. The maximum absolute atomic E-state index is 11.8. The Morgan fingerprint density at radius 2 is 1.85 bits per heavy atom. The Balaban J connectivity index is 2.97. The molecule has 1 N–H and O–H groups in total. The van der Waals surface area contributed by atoms with E-state index in [0.717, 1.165) is 0 Å². The molecule has 1 rings (SSSR count). The van der Waals surface area contributed by atoms with Gasteiger partial charge < -0.3 is 14.8 Å². The molecule has 0 fully saturated rings. The standard InChI is InChI=1S/C16H23NO3/c1-12(2)17-16(3,4)11-14(15(18)19-5)20-13-9-7-6-8-10-13/h6-12,17H,1-5H3. The Morgan fingerprint density at radius 3 is 2.35 bits per heavy atom. The number of esters is 1. The first-order valence-corrected chi connectivity index (χ1v) is 6.66. The summed E-state index contributed by atoms with van der Waals surface area (Å²) in [5.74, 6) is 0.286. The van der Waals surface area contributed by atoms with Crippen LogP contribution in [-0.4, -0.2) is 24.7 Å². The Labute approximate surface area is 120 Å². The van der Waals surface area contributed by atoms with Crippen molar-refractivity contribution in [3.05, 3.63) is 42.2 Å². The van der Waals surface area contributed by atoms with Crippen LogP contribution in [0.25, 0.3) is 0 Å². The van der Waals surface area contributed by atoms with E-state index in [0.29, 0.717) is 5.75 Å². The minimum Gasteiger partial charge on any atom is -0.463 e. The van der Waals surface area contributed by atoms with Crippen molar-refractivity contribution in [2.45, 2.75) is 39.3 Å². The minimum absolute atomic E-state index is 0.178. The molecule has 0 spiro atoms. The van der Waals surface area contributed by atoms with Crippen LogP contribution in [0.3, 0.4) is 0 Å². The molecule has 0 aliphatic carbocycles. The zero-order valence-electron chi connectivity index (χ0n) is 12.8. The van der Waals surface area contributed by atoms with E-state index < -0.39 is 5.97 Å². The molecule has 0 aliphatic rings. The van der Waals surface area contributed by atoms with Crippen LogP contribution in [0, 0.1) is 0 Å². The van der Waals surface area contributed by atoms with E-state index >= 15 is 0 Å². The monoisotopic (exact) mass is 277 g/mol. The average Bonchev–Trinajstić information content (AvgIpc) is 2.36. The zero-order chi connectivity index (χ0) is 15.2. The van der Waals surface area contributed by atoms with Gasteiger partial charge >= 0.3 is 5.97 Å². The molecule has 110 valence electrons. The van der Waals surface area contributed by atoms with E-state index in [1.54, 1.807) is 18.2 Å². The fraction of sp³-hybridized carbons (Fsp3) is 0.438. The van der Waals surface area contributed by atoms with Crippen LogP contribution in [0.5, 0.6) is 5.75 Å². The van der Waals surface area contributed by atoms with Crippen molar-refractivity contribution in [3.63, 3.8) is 0 Å². The number of rotatable bonds is 6. The van der Waals surface area contributed by atoms with Gasteiger partial charge in [0.15, 0.2) is 0 Å². The van der Waals surface area contributed by atoms with Crippen LogP contribution in [0.15, 0.2) is 42.2 Å². The number of para-hydroxylation sites is 1. The Bertz CT molecular complexity index is 464. The molecule has 4 nitrogen and oxygen atoms in total. The van der Waals surface area contributed by atoms with Crippen molar-refractivity contribution in [2.75, 3.05) is 7.11 Å². The van der Waals surface area contributed by atoms with Crippen molar-refractivity contribution >= 4 is 5.97 Å². The van der Waals surface area contributed by atoms with Gasteiger partial charge in [0.1, 0.15) is 5.75 Å². The highest BCUT2D eigenvalue weighted by atomic mass is 16.6. The Morgan fingerprint density at radius 1 is 1.25 bits per heavy atom. The van der Waals surface area contributed by atoms with Crippen molar-refractivity contribution in [3.8, 4) is 5.75 Å². The number of ether oxygens (including phenoxy) is 2. The number of carbonyl (C=O) groups excluding carboxylic acids is 1. The summed E-state index contributed by atoms with van der Waals surface area (Å²) in [6.45, 7) is 8.05. The molecule has 0 atom stereocenters. The molecule has 20 heavy (non-hydrogen) atoms. The number of benzene rings is 1. The van der Waals surface area contributed by atoms with Gasteiger partial charge in [-0.3, -0.25) is 0 Å². The van der Waals surface area contributed by atoms with Gasteiger partial charge in [0.2, 0.25) is 5.76 Å². The van der Waals surface area contributed by atoms with E-state index in [1.807, 2.05) is 45.9 Å². The highest BCUT2D eigenvalue weighted by Gasteiger charge is 2.21. The molecular formula is C16H23NO3. The van der Waals surface area contributed by atoms with Crippen LogP contribution in [0.2, 0.25) is 0 Å². The largest absolute Gasteiger partial charge is 0.463 e. The second-order valence-corrected chi connectivity index (χ2v) is 5.44. The lowest BCUT2D eigenvalue weighted by molar-refractivity contribution is -0.138. The number of carbonyl (C=O) groups is 1. The molecule has 4 heteroatoms. The quantitative estimate of drug-likeness (QED) is 0.493. The molecule has 0 saturated heterocycles. The lowest BCUT2D eigenvalue weighted by atomic mass is 10.0. The smallest absolute Gasteiger partial charge is 0.373 e. The van der Waals surface area contributed by atoms with Gasteiger partial charge in [0.05, 0.1) is 7.11 Å². The van der Waals surface area contributed by atoms with Gasteiger partial charge in [-0.15, -0.1) is 0 Å². The van der Waals surface area contributed by atoms with E-state index in [-0.39, 0.29) is 17.3 Å².